The van der Waals surface area contributed by atoms with Crippen molar-refractivity contribution in [1.29, 1.82) is 0 Å². The van der Waals surface area contributed by atoms with Crippen LogP contribution in [0.2, 0.25) is 0 Å². The average molecular weight is 283 g/mol. The number of hydrogen-bond donors (Lipinski definition) is 1. The van der Waals surface area contributed by atoms with E-state index in [4.69, 9.17) is 4.74 Å². The first kappa shape index (κ1) is 14.6. The Morgan fingerprint density at radius 1 is 1.19 bits per heavy atom. The van der Waals surface area contributed by atoms with E-state index < -0.39 is 0 Å². The Morgan fingerprint density at radius 3 is 2.76 bits per heavy atom. The predicted molar refractivity (Wildman–Crippen MR) is 88.6 cm³/mol. The van der Waals surface area contributed by atoms with Crippen LogP contribution in [-0.2, 0) is 11.2 Å². The summed E-state index contributed by atoms with van der Waals surface area (Å²) >= 11 is 0. The Morgan fingerprint density at radius 2 is 2.00 bits per heavy atom. The summed E-state index contributed by atoms with van der Waals surface area (Å²) in [6.07, 6.45) is 2.65. The van der Waals surface area contributed by atoms with E-state index in [0.29, 0.717) is 18.1 Å². The molecule has 0 radical (unpaired) electrons. The van der Waals surface area contributed by atoms with Gasteiger partial charge in [-0.3, -0.25) is 0 Å². The third-order valence-corrected chi connectivity index (χ3v) is 4.58. The molecule has 1 fully saturated rings. The van der Waals surface area contributed by atoms with E-state index in [0.717, 1.165) is 19.6 Å². The maximum absolute atomic E-state index is 5.78. The third kappa shape index (κ3) is 3.28. The second-order valence-corrected chi connectivity index (χ2v) is 6.15. The lowest BCUT2D eigenvalue weighted by molar-refractivity contribution is 0.117. The quantitative estimate of drug-likeness (QED) is 0.901. The molecule has 2 nitrogen and oxygen atoms in total. The first-order valence-corrected chi connectivity index (χ1v) is 8.09. The van der Waals surface area contributed by atoms with Gasteiger partial charge in [-0.2, -0.15) is 0 Å². The van der Waals surface area contributed by atoms with Crippen LogP contribution in [0.1, 0.15) is 25.8 Å². The van der Waals surface area contributed by atoms with Gasteiger partial charge in [-0.15, -0.1) is 0 Å². The van der Waals surface area contributed by atoms with Gasteiger partial charge in [0.2, 0.25) is 0 Å². The maximum atomic E-state index is 5.78. The summed E-state index contributed by atoms with van der Waals surface area (Å²) < 4.78 is 5.78. The third-order valence-electron chi connectivity index (χ3n) is 4.58. The summed E-state index contributed by atoms with van der Waals surface area (Å²) in [6, 6.07) is 15.8. The number of fused-ring (bicyclic) bond motifs is 1. The lowest BCUT2D eigenvalue weighted by Crippen LogP contribution is -2.38. The molecule has 1 aliphatic heterocycles. The molecule has 0 amide bonds. The van der Waals surface area contributed by atoms with Crippen molar-refractivity contribution in [2.24, 2.45) is 5.92 Å². The number of rotatable bonds is 5. The molecule has 2 aromatic rings. The van der Waals surface area contributed by atoms with Crippen LogP contribution in [0.5, 0.6) is 0 Å². The molecule has 0 spiro atoms. The topological polar surface area (TPSA) is 21.3 Å². The van der Waals surface area contributed by atoms with Crippen molar-refractivity contribution in [3.63, 3.8) is 0 Å². The lowest BCUT2D eigenvalue weighted by Gasteiger charge is -2.24. The molecule has 21 heavy (non-hydrogen) atoms. The van der Waals surface area contributed by atoms with Crippen molar-refractivity contribution >= 4 is 10.8 Å². The smallest absolute Gasteiger partial charge is 0.0551 e. The highest BCUT2D eigenvalue weighted by molar-refractivity contribution is 5.85. The van der Waals surface area contributed by atoms with Crippen LogP contribution in [0, 0.1) is 5.92 Å². The molecule has 2 heteroatoms. The van der Waals surface area contributed by atoms with Crippen LogP contribution >= 0.6 is 0 Å². The zero-order chi connectivity index (χ0) is 14.7. The monoisotopic (exact) mass is 283 g/mol. The van der Waals surface area contributed by atoms with Crippen molar-refractivity contribution in [1.82, 2.24) is 5.32 Å². The van der Waals surface area contributed by atoms with E-state index in [1.54, 1.807) is 0 Å². The fourth-order valence-electron chi connectivity index (χ4n) is 3.51. The normalized spacial score (nSPS) is 23.5. The lowest BCUT2D eigenvalue weighted by atomic mass is 9.89. The minimum atomic E-state index is 0.406. The van der Waals surface area contributed by atoms with Gasteiger partial charge < -0.3 is 10.1 Å². The van der Waals surface area contributed by atoms with Gasteiger partial charge in [0.25, 0.3) is 0 Å². The SMILES string of the molecule is CCNC(Cc1cccc2ccccc12)C1COC(C)C1. The van der Waals surface area contributed by atoms with Crippen molar-refractivity contribution in [2.45, 2.75) is 38.8 Å². The first-order chi connectivity index (χ1) is 10.3. The van der Waals surface area contributed by atoms with Crippen molar-refractivity contribution in [2.75, 3.05) is 13.2 Å². The fourth-order valence-corrected chi connectivity index (χ4v) is 3.51. The summed E-state index contributed by atoms with van der Waals surface area (Å²) in [5.41, 5.74) is 1.44. The molecule has 0 aromatic heterocycles. The maximum Gasteiger partial charge on any atom is 0.0551 e. The highest BCUT2D eigenvalue weighted by atomic mass is 16.5. The van der Waals surface area contributed by atoms with Gasteiger partial charge in [-0.05, 0) is 42.6 Å². The largest absolute Gasteiger partial charge is 0.378 e. The zero-order valence-electron chi connectivity index (χ0n) is 13.0. The first-order valence-electron chi connectivity index (χ1n) is 8.09. The molecule has 3 atom stereocenters. The molecule has 1 aliphatic rings. The van der Waals surface area contributed by atoms with E-state index in [1.165, 1.54) is 22.8 Å². The van der Waals surface area contributed by atoms with Crippen LogP contribution < -0.4 is 5.32 Å². The standard InChI is InChI=1S/C19H25NO/c1-3-20-19(17-11-14(2)21-13-17)12-16-9-6-8-15-7-4-5-10-18(15)16/h4-10,14,17,19-20H,3,11-13H2,1-2H3. The van der Waals surface area contributed by atoms with Crippen LogP contribution in [0.25, 0.3) is 10.8 Å². The average Bonchev–Trinajstić information content (AvgIpc) is 2.94. The van der Waals surface area contributed by atoms with Crippen molar-refractivity contribution in [3.05, 3.63) is 48.0 Å². The second-order valence-electron chi connectivity index (χ2n) is 6.15. The number of likely N-dealkylation sites (N-methyl/N-ethyl adjacent to an activating group) is 1. The van der Waals surface area contributed by atoms with Crippen LogP contribution in [0.4, 0.5) is 0 Å². The van der Waals surface area contributed by atoms with E-state index in [-0.39, 0.29) is 0 Å². The Kier molecular flexibility index (Phi) is 4.57. The molecule has 1 N–H and O–H groups in total. The van der Waals surface area contributed by atoms with Crippen molar-refractivity contribution in [3.8, 4) is 0 Å². The molecule has 1 saturated heterocycles. The van der Waals surface area contributed by atoms with E-state index in [2.05, 4.69) is 61.6 Å². The van der Waals surface area contributed by atoms with Gasteiger partial charge in [-0.1, -0.05) is 49.4 Å². The molecule has 1 heterocycles. The van der Waals surface area contributed by atoms with Crippen molar-refractivity contribution < 1.29 is 4.74 Å². The Labute approximate surface area is 127 Å². The van der Waals surface area contributed by atoms with Crippen LogP contribution in [0.15, 0.2) is 42.5 Å². The fraction of sp³-hybridized carbons (Fsp3) is 0.474. The van der Waals surface area contributed by atoms with Gasteiger partial charge in [0.05, 0.1) is 12.7 Å². The summed E-state index contributed by atoms with van der Waals surface area (Å²) in [4.78, 5) is 0. The molecule has 3 unspecified atom stereocenters. The molecule has 2 aromatic carbocycles. The van der Waals surface area contributed by atoms with Gasteiger partial charge in [0.15, 0.2) is 0 Å². The van der Waals surface area contributed by atoms with E-state index >= 15 is 0 Å². The number of ether oxygens (including phenoxy) is 1. The Bertz CT molecular complexity index is 590. The minimum Gasteiger partial charge on any atom is -0.378 e. The zero-order valence-corrected chi connectivity index (χ0v) is 13.0. The summed E-state index contributed by atoms with van der Waals surface area (Å²) in [5, 5.41) is 6.40. The van der Waals surface area contributed by atoms with Gasteiger partial charge in [0.1, 0.15) is 0 Å². The predicted octanol–water partition coefficient (Wildman–Crippen LogP) is 3.79. The molecular weight excluding hydrogens is 258 g/mol. The molecule has 0 saturated carbocycles. The molecular formula is C19H25NO. The number of benzene rings is 2. The minimum absolute atomic E-state index is 0.406. The molecule has 0 bridgehead atoms. The van der Waals surface area contributed by atoms with Gasteiger partial charge in [0, 0.05) is 12.0 Å². The second kappa shape index (κ2) is 6.59. The van der Waals surface area contributed by atoms with E-state index in [1.807, 2.05) is 0 Å². The molecule has 112 valence electrons. The molecule has 0 aliphatic carbocycles. The van der Waals surface area contributed by atoms with Crippen LogP contribution in [0.3, 0.4) is 0 Å². The van der Waals surface area contributed by atoms with E-state index in [9.17, 15) is 0 Å². The number of hydrogen-bond acceptors (Lipinski definition) is 2. The summed E-state index contributed by atoms with van der Waals surface area (Å²) in [6.45, 7) is 6.28. The van der Waals surface area contributed by atoms with Gasteiger partial charge >= 0.3 is 0 Å². The highest BCUT2D eigenvalue weighted by Crippen LogP contribution is 2.27. The van der Waals surface area contributed by atoms with Crippen LogP contribution in [-0.4, -0.2) is 25.3 Å². The summed E-state index contributed by atoms with van der Waals surface area (Å²) in [7, 11) is 0. The van der Waals surface area contributed by atoms with Gasteiger partial charge in [-0.25, -0.2) is 0 Å². The Hall–Kier alpha value is -1.38. The molecule has 3 rings (SSSR count). The highest BCUT2D eigenvalue weighted by Gasteiger charge is 2.29. The summed E-state index contributed by atoms with van der Waals surface area (Å²) in [5.74, 6) is 0.624. The Balaban J connectivity index is 1.84. The number of nitrogens with one attached hydrogen (secondary N) is 1.